The van der Waals surface area contributed by atoms with Crippen LogP contribution in [0.25, 0.3) is 0 Å². The molecular weight excluding hydrogens is 388 g/mol. The van der Waals surface area contributed by atoms with Gasteiger partial charge in [-0.15, -0.1) is 0 Å². The van der Waals surface area contributed by atoms with Gasteiger partial charge in [-0.3, -0.25) is 0 Å². The summed E-state index contributed by atoms with van der Waals surface area (Å²) in [6.07, 6.45) is 10.7. The molecule has 0 bridgehead atoms. The summed E-state index contributed by atoms with van der Waals surface area (Å²) in [4.78, 5) is 17.7. The van der Waals surface area contributed by atoms with Crippen molar-refractivity contribution in [2.45, 2.75) is 81.4 Å². The Bertz CT molecular complexity index is 813. The number of hydrogen-bond donors (Lipinski definition) is 0. The van der Waals surface area contributed by atoms with E-state index in [1.54, 1.807) is 11.1 Å². The van der Waals surface area contributed by atoms with Gasteiger partial charge in [-0.1, -0.05) is 24.3 Å². The maximum atomic E-state index is 12.9. The molecule has 1 aromatic carbocycles. The van der Waals surface area contributed by atoms with Gasteiger partial charge in [0.05, 0.1) is 13.2 Å². The van der Waals surface area contributed by atoms with Crippen molar-refractivity contribution in [3.63, 3.8) is 0 Å². The molecule has 6 rings (SSSR count). The monoisotopic (exact) mass is 424 g/mol. The van der Waals surface area contributed by atoms with Crippen LogP contribution in [0, 0.1) is 5.92 Å². The molecule has 3 aliphatic heterocycles. The first-order valence-electron chi connectivity index (χ1n) is 12.6. The van der Waals surface area contributed by atoms with Crippen molar-refractivity contribution in [2.75, 3.05) is 32.8 Å². The second kappa shape index (κ2) is 8.08. The first kappa shape index (κ1) is 20.0. The minimum atomic E-state index is -0.0917. The molecule has 0 N–H and O–H groups in total. The van der Waals surface area contributed by atoms with E-state index < -0.39 is 0 Å². The molecule has 1 aromatic rings. The van der Waals surface area contributed by atoms with E-state index in [2.05, 4.69) is 34.1 Å². The molecule has 31 heavy (non-hydrogen) atoms. The average Bonchev–Trinajstić information content (AvgIpc) is 3.54. The van der Waals surface area contributed by atoms with Crippen LogP contribution in [-0.2, 0) is 21.3 Å². The van der Waals surface area contributed by atoms with Crippen molar-refractivity contribution in [1.29, 1.82) is 0 Å². The molecule has 4 fully saturated rings. The molecule has 3 unspecified atom stereocenters. The molecule has 1 saturated carbocycles. The molecule has 1 spiro atoms. The Labute approximate surface area is 186 Å². The molecule has 2 aliphatic carbocycles. The molecule has 3 saturated heterocycles. The van der Waals surface area contributed by atoms with E-state index in [0.29, 0.717) is 36.6 Å². The second-order valence-electron chi connectivity index (χ2n) is 10.6. The number of carbonyl (C=O) groups is 1. The summed E-state index contributed by atoms with van der Waals surface area (Å²) in [6.45, 7) is 4.56. The number of likely N-dealkylation sites (tertiary alicyclic amines) is 2. The summed E-state index contributed by atoms with van der Waals surface area (Å²) in [5.74, 6) is 0.647. The van der Waals surface area contributed by atoms with Gasteiger partial charge in [-0.25, -0.2) is 4.79 Å². The number of benzene rings is 1. The normalized spacial score (nSPS) is 34.6. The number of aryl methyl sites for hydroxylation is 1. The summed E-state index contributed by atoms with van der Waals surface area (Å²) < 4.78 is 11.2. The second-order valence-corrected chi connectivity index (χ2v) is 10.6. The number of carbonyl (C=O) groups excluding carboxylic acids is 1. The number of ether oxygens (including phenoxy) is 2. The quantitative estimate of drug-likeness (QED) is 0.716. The molecule has 5 heteroatoms. The highest BCUT2D eigenvalue weighted by Gasteiger charge is 2.47. The van der Waals surface area contributed by atoms with Crippen molar-refractivity contribution in [3.8, 4) is 0 Å². The van der Waals surface area contributed by atoms with E-state index in [4.69, 9.17) is 9.47 Å². The maximum Gasteiger partial charge on any atom is 0.410 e. The van der Waals surface area contributed by atoms with Crippen LogP contribution >= 0.6 is 0 Å². The predicted molar refractivity (Wildman–Crippen MR) is 119 cm³/mol. The van der Waals surface area contributed by atoms with Gasteiger partial charge < -0.3 is 19.3 Å². The Kier molecular flexibility index (Phi) is 5.22. The summed E-state index contributed by atoms with van der Waals surface area (Å²) in [7, 11) is 0. The van der Waals surface area contributed by atoms with Crippen LogP contribution in [0.1, 0.15) is 62.5 Å². The SMILES string of the molecule is O=C(O[C@@H]1CCOC1)N1CCCC2CC(N3CCC4(CCc5ccccc54)CC3)CC21. The third-order valence-corrected chi connectivity index (χ3v) is 9.13. The summed E-state index contributed by atoms with van der Waals surface area (Å²) in [5, 5.41) is 0. The fraction of sp³-hybridized carbons (Fsp3) is 0.731. The number of rotatable bonds is 2. The highest BCUT2D eigenvalue weighted by Crippen LogP contribution is 2.48. The summed E-state index contributed by atoms with van der Waals surface area (Å²) >= 11 is 0. The summed E-state index contributed by atoms with van der Waals surface area (Å²) in [6, 6.07) is 10.2. The number of nitrogens with zero attached hydrogens (tertiary/aromatic N) is 2. The number of hydrogen-bond acceptors (Lipinski definition) is 4. The fourth-order valence-electron chi connectivity index (χ4n) is 7.40. The molecule has 5 nitrogen and oxygen atoms in total. The fourth-order valence-corrected chi connectivity index (χ4v) is 7.40. The average molecular weight is 425 g/mol. The van der Waals surface area contributed by atoms with Crippen LogP contribution in [0.2, 0.25) is 0 Å². The highest BCUT2D eigenvalue weighted by atomic mass is 16.6. The minimum absolute atomic E-state index is 0.0438. The Morgan fingerprint density at radius 2 is 1.94 bits per heavy atom. The Hall–Kier alpha value is -1.59. The first-order chi connectivity index (χ1) is 15.2. The van der Waals surface area contributed by atoms with E-state index in [0.717, 1.165) is 25.8 Å². The van der Waals surface area contributed by atoms with Gasteiger partial charge in [0.2, 0.25) is 0 Å². The highest BCUT2D eigenvalue weighted by molar-refractivity contribution is 5.68. The maximum absolute atomic E-state index is 12.9. The lowest BCUT2D eigenvalue weighted by Gasteiger charge is -2.42. The van der Waals surface area contributed by atoms with Crippen LogP contribution in [0.3, 0.4) is 0 Å². The predicted octanol–water partition coefficient (Wildman–Crippen LogP) is 4.13. The van der Waals surface area contributed by atoms with Crippen LogP contribution in [0.5, 0.6) is 0 Å². The Morgan fingerprint density at radius 3 is 2.77 bits per heavy atom. The van der Waals surface area contributed by atoms with Crippen molar-refractivity contribution in [1.82, 2.24) is 9.80 Å². The van der Waals surface area contributed by atoms with Gasteiger partial charge in [0.1, 0.15) is 6.10 Å². The molecule has 0 aromatic heterocycles. The van der Waals surface area contributed by atoms with E-state index in [1.165, 1.54) is 51.6 Å². The lowest BCUT2D eigenvalue weighted by Crippen LogP contribution is -2.48. The van der Waals surface area contributed by atoms with Crippen LogP contribution in [0.15, 0.2) is 24.3 Å². The van der Waals surface area contributed by atoms with Crippen molar-refractivity contribution < 1.29 is 14.3 Å². The van der Waals surface area contributed by atoms with Crippen molar-refractivity contribution in [2.24, 2.45) is 5.92 Å². The third kappa shape index (κ3) is 3.58. The zero-order chi connectivity index (χ0) is 20.8. The van der Waals surface area contributed by atoms with Gasteiger partial charge in [0.15, 0.2) is 0 Å². The molecule has 1 amide bonds. The van der Waals surface area contributed by atoms with E-state index in [1.807, 2.05) is 0 Å². The molecule has 3 heterocycles. The largest absolute Gasteiger partial charge is 0.444 e. The topological polar surface area (TPSA) is 42.0 Å². The van der Waals surface area contributed by atoms with E-state index >= 15 is 0 Å². The smallest absolute Gasteiger partial charge is 0.410 e. The van der Waals surface area contributed by atoms with Gasteiger partial charge in [0, 0.05) is 25.0 Å². The van der Waals surface area contributed by atoms with E-state index in [9.17, 15) is 4.79 Å². The zero-order valence-corrected chi connectivity index (χ0v) is 18.6. The number of piperidine rings is 2. The van der Waals surface area contributed by atoms with Crippen molar-refractivity contribution >= 4 is 6.09 Å². The first-order valence-corrected chi connectivity index (χ1v) is 12.6. The molecule has 0 radical (unpaired) electrons. The molecule has 168 valence electrons. The van der Waals surface area contributed by atoms with E-state index in [-0.39, 0.29) is 12.2 Å². The van der Waals surface area contributed by atoms with Crippen molar-refractivity contribution in [3.05, 3.63) is 35.4 Å². The van der Waals surface area contributed by atoms with Crippen LogP contribution in [-0.4, -0.2) is 66.9 Å². The zero-order valence-electron chi connectivity index (χ0n) is 18.6. The Morgan fingerprint density at radius 1 is 1.06 bits per heavy atom. The number of amides is 1. The standard InChI is InChI=1S/C26H36N2O3/c29-25(31-22-8-15-30-18-22)28-12-3-5-20-16-21(17-24(20)28)27-13-10-26(11-14-27)9-7-19-4-1-2-6-23(19)26/h1-2,4,6,20-22,24H,3,5,7-18H2/t20?,21?,22-,24?/m1/s1. The van der Waals surface area contributed by atoms with Gasteiger partial charge in [-0.05, 0) is 86.9 Å². The summed E-state index contributed by atoms with van der Waals surface area (Å²) in [5.41, 5.74) is 3.65. The number of fused-ring (bicyclic) bond motifs is 3. The Balaban J connectivity index is 1.09. The minimum Gasteiger partial charge on any atom is -0.444 e. The lowest BCUT2D eigenvalue weighted by atomic mass is 9.73. The van der Waals surface area contributed by atoms with Crippen LogP contribution < -0.4 is 0 Å². The third-order valence-electron chi connectivity index (χ3n) is 9.13. The van der Waals surface area contributed by atoms with Gasteiger partial charge in [-0.2, -0.15) is 0 Å². The lowest BCUT2D eigenvalue weighted by molar-refractivity contribution is 0.0286. The molecule has 5 aliphatic rings. The molecule has 4 atom stereocenters. The molecular formula is C26H36N2O3. The van der Waals surface area contributed by atoms with Gasteiger partial charge >= 0.3 is 6.09 Å². The van der Waals surface area contributed by atoms with Gasteiger partial charge in [0.25, 0.3) is 0 Å². The van der Waals surface area contributed by atoms with Crippen LogP contribution in [0.4, 0.5) is 4.79 Å².